The van der Waals surface area contributed by atoms with Gasteiger partial charge in [-0.25, -0.2) is 4.98 Å². The molecule has 24 heavy (non-hydrogen) atoms. The van der Waals surface area contributed by atoms with Crippen molar-refractivity contribution in [2.75, 3.05) is 40.1 Å². The van der Waals surface area contributed by atoms with Crippen LogP contribution in [0.15, 0.2) is 30.3 Å². The summed E-state index contributed by atoms with van der Waals surface area (Å²) in [6.45, 7) is 3.67. The van der Waals surface area contributed by atoms with Crippen molar-refractivity contribution in [2.45, 2.75) is 19.8 Å². The SMILES string of the molecule is CCCc1cc(-c2cccc(N)n2)c(OC)cc1OCCN(C)C. The molecule has 0 fully saturated rings. The van der Waals surface area contributed by atoms with Crippen LogP contribution in [0.25, 0.3) is 11.3 Å². The van der Waals surface area contributed by atoms with Gasteiger partial charge in [0.25, 0.3) is 0 Å². The van der Waals surface area contributed by atoms with Crippen molar-refractivity contribution in [2.24, 2.45) is 0 Å². The normalized spacial score (nSPS) is 10.9. The van der Waals surface area contributed by atoms with Crippen molar-refractivity contribution in [3.05, 3.63) is 35.9 Å². The van der Waals surface area contributed by atoms with Crippen molar-refractivity contribution in [3.8, 4) is 22.8 Å². The molecule has 0 radical (unpaired) electrons. The molecular weight excluding hydrogens is 302 g/mol. The fourth-order valence-electron chi connectivity index (χ4n) is 2.51. The molecule has 0 bridgehead atoms. The number of hydrogen-bond donors (Lipinski definition) is 1. The van der Waals surface area contributed by atoms with Gasteiger partial charge in [0, 0.05) is 18.2 Å². The van der Waals surface area contributed by atoms with Crippen molar-refractivity contribution < 1.29 is 9.47 Å². The number of ether oxygens (including phenoxy) is 2. The Balaban J connectivity index is 2.39. The fraction of sp³-hybridized carbons (Fsp3) is 0.421. The van der Waals surface area contributed by atoms with Crippen LogP contribution >= 0.6 is 0 Å². The van der Waals surface area contributed by atoms with Gasteiger partial charge in [-0.05, 0) is 44.3 Å². The highest BCUT2D eigenvalue weighted by molar-refractivity contribution is 5.71. The summed E-state index contributed by atoms with van der Waals surface area (Å²) in [5, 5.41) is 0. The van der Waals surface area contributed by atoms with Gasteiger partial charge in [-0.3, -0.25) is 0 Å². The Hall–Kier alpha value is -2.27. The Kier molecular flexibility index (Phi) is 6.44. The number of aryl methyl sites for hydroxylation is 1. The second kappa shape index (κ2) is 8.55. The van der Waals surface area contributed by atoms with Gasteiger partial charge in [0.1, 0.15) is 23.9 Å². The second-order valence-electron chi connectivity index (χ2n) is 6.01. The van der Waals surface area contributed by atoms with E-state index in [0.717, 1.165) is 47.7 Å². The number of methoxy groups -OCH3 is 1. The molecule has 2 N–H and O–H groups in total. The summed E-state index contributed by atoms with van der Waals surface area (Å²) in [6, 6.07) is 9.69. The average Bonchev–Trinajstić information content (AvgIpc) is 2.55. The molecule has 0 saturated heterocycles. The van der Waals surface area contributed by atoms with Gasteiger partial charge in [0.15, 0.2) is 0 Å². The highest BCUT2D eigenvalue weighted by atomic mass is 16.5. The molecule has 1 heterocycles. The first-order valence-corrected chi connectivity index (χ1v) is 8.26. The average molecular weight is 329 g/mol. The standard InChI is InChI=1S/C19H27N3O2/c1-5-7-14-12-15(16-8-6-9-19(20)21-16)18(23-4)13-17(14)24-11-10-22(2)3/h6,8-9,12-13H,5,7,10-11H2,1-4H3,(H2,20,21). The molecule has 0 amide bonds. The van der Waals surface area contributed by atoms with E-state index in [4.69, 9.17) is 15.2 Å². The molecule has 0 saturated carbocycles. The van der Waals surface area contributed by atoms with Crippen LogP contribution in [0, 0.1) is 0 Å². The predicted molar refractivity (Wildman–Crippen MR) is 98.7 cm³/mol. The summed E-state index contributed by atoms with van der Waals surface area (Å²) in [6.07, 6.45) is 1.98. The Morgan fingerprint density at radius 1 is 1.17 bits per heavy atom. The first-order valence-electron chi connectivity index (χ1n) is 8.26. The molecule has 130 valence electrons. The van der Waals surface area contributed by atoms with E-state index in [0.29, 0.717) is 12.4 Å². The molecule has 2 aromatic rings. The summed E-state index contributed by atoms with van der Waals surface area (Å²) in [4.78, 5) is 6.52. The van der Waals surface area contributed by atoms with E-state index in [-0.39, 0.29) is 0 Å². The highest BCUT2D eigenvalue weighted by Crippen LogP contribution is 2.36. The minimum Gasteiger partial charge on any atom is -0.496 e. The molecule has 0 spiro atoms. The molecule has 0 aliphatic carbocycles. The lowest BCUT2D eigenvalue weighted by molar-refractivity contribution is 0.258. The third kappa shape index (κ3) is 4.61. The Morgan fingerprint density at radius 3 is 2.58 bits per heavy atom. The minimum absolute atomic E-state index is 0.498. The van der Waals surface area contributed by atoms with Gasteiger partial charge >= 0.3 is 0 Å². The molecular formula is C19H27N3O2. The predicted octanol–water partition coefficient (Wildman–Crippen LogP) is 3.23. The van der Waals surface area contributed by atoms with E-state index >= 15 is 0 Å². The zero-order valence-electron chi connectivity index (χ0n) is 15.0. The molecule has 0 aliphatic heterocycles. The smallest absolute Gasteiger partial charge is 0.131 e. The molecule has 5 heteroatoms. The van der Waals surface area contributed by atoms with Gasteiger partial charge in [0.2, 0.25) is 0 Å². The summed E-state index contributed by atoms with van der Waals surface area (Å²) < 4.78 is 11.6. The summed E-state index contributed by atoms with van der Waals surface area (Å²) in [5.41, 5.74) is 8.74. The summed E-state index contributed by atoms with van der Waals surface area (Å²) in [7, 11) is 5.73. The Bertz CT molecular complexity index is 672. The lowest BCUT2D eigenvalue weighted by Crippen LogP contribution is -2.19. The van der Waals surface area contributed by atoms with Crippen molar-refractivity contribution in [1.29, 1.82) is 0 Å². The number of aromatic nitrogens is 1. The van der Waals surface area contributed by atoms with E-state index < -0.39 is 0 Å². The van der Waals surface area contributed by atoms with Gasteiger partial charge in [-0.15, -0.1) is 0 Å². The number of nitrogen functional groups attached to an aromatic ring is 1. The zero-order chi connectivity index (χ0) is 17.5. The number of nitrogens with two attached hydrogens (primary N) is 1. The number of nitrogens with zero attached hydrogens (tertiary/aromatic N) is 2. The molecule has 1 aromatic carbocycles. The summed E-state index contributed by atoms with van der Waals surface area (Å²) in [5.74, 6) is 2.12. The highest BCUT2D eigenvalue weighted by Gasteiger charge is 2.14. The first-order chi connectivity index (χ1) is 11.5. The maximum absolute atomic E-state index is 5.99. The van der Waals surface area contributed by atoms with Crippen LogP contribution in [0.1, 0.15) is 18.9 Å². The monoisotopic (exact) mass is 329 g/mol. The molecule has 1 aromatic heterocycles. The van der Waals surface area contributed by atoms with E-state index in [1.54, 1.807) is 13.2 Å². The van der Waals surface area contributed by atoms with Crippen LogP contribution in [0.4, 0.5) is 5.82 Å². The van der Waals surface area contributed by atoms with E-state index in [1.807, 2.05) is 32.3 Å². The number of pyridine rings is 1. The maximum Gasteiger partial charge on any atom is 0.131 e. The number of hydrogen-bond acceptors (Lipinski definition) is 5. The van der Waals surface area contributed by atoms with Gasteiger partial charge in [-0.2, -0.15) is 0 Å². The largest absolute Gasteiger partial charge is 0.496 e. The number of benzene rings is 1. The van der Waals surface area contributed by atoms with Crippen LogP contribution in [-0.2, 0) is 6.42 Å². The van der Waals surface area contributed by atoms with E-state index in [2.05, 4.69) is 22.9 Å². The van der Waals surface area contributed by atoms with Crippen molar-refractivity contribution in [1.82, 2.24) is 9.88 Å². The van der Waals surface area contributed by atoms with Crippen LogP contribution in [-0.4, -0.2) is 44.2 Å². The van der Waals surface area contributed by atoms with E-state index in [9.17, 15) is 0 Å². The number of anilines is 1. The lowest BCUT2D eigenvalue weighted by atomic mass is 10.0. The topological polar surface area (TPSA) is 60.6 Å². The van der Waals surface area contributed by atoms with Crippen molar-refractivity contribution in [3.63, 3.8) is 0 Å². The van der Waals surface area contributed by atoms with Gasteiger partial charge in [0.05, 0.1) is 12.8 Å². The third-order valence-electron chi connectivity index (χ3n) is 3.74. The molecule has 0 aliphatic rings. The quantitative estimate of drug-likeness (QED) is 0.805. The second-order valence-corrected chi connectivity index (χ2v) is 6.01. The number of likely N-dealkylation sites (N-methyl/N-ethyl adjacent to an activating group) is 1. The molecule has 2 rings (SSSR count). The third-order valence-corrected chi connectivity index (χ3v) is 3.74. The Labute approximate surface area is 144 Å². The lowest BCUT2D eigenvalue weighted by Gasteiger charge is -2.17. The summed E-state index contributed by atoms with van der Waals surface area (Å²) >= 11 is 0. The van der Waals surface area contributed by atoms with Crippen LogP contribution < -0.4 is 15.2 Å². The Morgan fingerprint density at radius 2 is 1.96 bits per heavy atom. The van der Waals surface area contributed by atoms with E-state index in [1.165, 1.54) is 0 Å². The van der Waals surface area contributed by atoms with Gasteiger partial charge < -0.3 is 20.1 Å². The molecule has 0 atom stereocenters. The molecule has 0 unspecified atom stereocenters. The van der Waals surface area contributed by atoms with Crippen LogP contribution in [0.5, 0.6) is 11.5 Å². The van der Waals surface area contributed by atoms with Gasteiger partial charge in [-0.1, -0.05) is 19.4 Å². The first kappa shape index (κ1) is 18.1. The van der Waals surface area contributed by atoms with Crippen LogP contribution in [0.3, 0.4) is 0 Å². The molecule has 5 nitrogen and oxygen atoms in total. The minimum atomic E-state index is 0.498. The maximum atomic E-state index is 5.99. The number of rotatable bonds is 8. The zero-order valence-corrected chi connectivity index (χ0v) is 15.0. The van der Waals surface area contributed by atoms with Crippen LogP contribution in [0.2, 0.25) is 0 Å². The van der Waals surface area contributed by atoms with Crippen molar-refractivity contribution >= 4 is 5.82 Å². The fourth-order valence-corrected chi connectivity index (χ4v) is 2.51.